The molecule has 1 aliphatic carbocycles. The Kier molecular flexibility index (Phi) is 4.64. The molecule has 27 heavy (non-hydrogen) atoms. The first kappa shape index (κ1) is 18.0. The molecule has 0 amide bonds. The van der Waals surface area contributed by atoms with E-state index < -0.39 is 0 Å². The van der Waals surface area contributed by atoms with Crippen LogP contribution in [0, 0.1) is 0 Å². The van der Waals surface area contributed by atoms with Gasteiger partial charge < -0.3 is 9.88 Å². The van der Waals surface area contributed by atoms with Crippen LogP contribution in [0.5, 0.6) is 0 Å². The van der Waals surface area contributed by atoms with E-state index in [1.54, 1.807) is 18.5 Å². The van der Waals surface area contributed by atoms with Crippen molar-refractivity contribution in [3.8, 4) is 0 Å². The summed E-state index contributed by atoms with van der Waals surface area (Å²) >= 11 is 6.06. The molecule has 0 bridgehead atoms. The molecule has 2 aromatic heterocycles. The van der Waals surface area contributed by atoms with Gasteiger partial charge in [0, 0.05) is 41.4 Å². The van der Waals surface area contributed by atoms with Gasteiger partial charge in [0.2, 0.25) is 0 Å². The Bertz CT molecular complexity index is 1050. The van der Waals surface area contributed by atoms with E-state index in [9.17, 15) is 9.59 Å². The Morgan fingerprint density at radius 1 is 1.37 bits per heavy atom. The highest BCUT2D eigenvalue weighted by Gasteiger charge is 2.29. The molecule has 0 radical (unpaired) electrons. The molecule has 1 aliphatic heterocycles. The number of nitrogens with zero attached hydrogens (tertiary/aromatic N) is 2. The highest BCUT2D eigenvalue weighted by molar-refractivity contribution is 6.30. The molecule has 3 heterocycles. The number of carbonyl (C=O) groups is 1. The molecule has 2 aromatic rings. The number of fused-ring (bicyclic) bond motifs is 1. The normalized spacial score (nSPS) is 19.4. The maximum atomic E-state index is 13.3. The van der Waals surface area contributed by atoms with Crippen molar-refractivity contribution < 1.29 is 4.79 Å². The van der Waals surface area contributed by atoms with Crippen LogP contribution < -0.4 is 10.9 Å². The van der Waals surface area contributed by atoms with Crippen molar-refractivity contribution in [2.45, 2.75) is 51.6 Å². The topological polar surface area (TPSA) is 64.0 Å². The highest BCUT2D eigenvalue weighted by atomic mass is 35.5. The zero-order chi connectivity index (χ0) is 19.1. The maximum Gasteiger partial charge on any atom is 0.259 e. The minimum Gasteiger partial charge on any atom is -0.378 e. The number of carbonyl (C=O) groups excluding carboxylic acids is 1. The van der Waals surface area contributed by atoms with Crippen molar-refractivity contribution in [1.29, 1.82) is 0 Å². The standard InChI is InChI=1S/C21H22ClN3O2/c1-3-4-19(26)17-7-12(2)16(11-23-17)15-8-13-10-24-20(22)9-18(13)25(21(15)27)14-5-6-14/h7-11,14,17,23H,3-6H2,1-2H3. The van der Waals surface area contributed by atoms with Gasteiger partial charge in [0.25, 0.3) is 5.56 Å². The fourth-order valence-corrected chi connectivity index (χ4v) is 3.80. The number of hydrogen-bond donors (Lipinski definition) is 1. The fourth-order valence-electron chi connectivity index (χ4n) is 3.65. The largest absolute Gasteiger partial charge is 0.378 e. The van der Waals surface area contributed by atoms with Gasteiger partial charge in [-0.2, -0.15) is 0 Å². The third-order valence-electron chi connectivity index (χ3n) is 5.18. The first-order chi connectivity index (χ1) is 13.0. The number of dihydropyridines is 1. The van der Waals surface area contributed by atoms with Crippen molar-refractivity contribution in [2.75, 3.05) is 0 Å². The van der Waals surface area contributed by atoms with Crippen LogP contribution >= 0.6 is 11.6 Å². The number of hydrogen-bond acceptors (Lipinski definition) is 4. The van der Waals surface area contributed by atoms with Gasteiger partial charge in [-0.05, 0) is 43.9 Å². The summed E-state index contributed by atoms with van der Waals surface area (Å²) in [6, 6.07) is 3.54. The summed E-state index contributed by atoms with van der Waals surface area (Å²) in [5.41, 5.74) is 3.19. The number of nitrogens with one attached hydrogen (secondary N) is 1. The number of aromatic nitrogens is 2. The molecule has 1 atom stereocenters. The van der Waals surface area contributed by atoms with Gasteiger partial charge in [-0.15, -0.1) is 0 Å². The van der Waals surface area contributed by atoms with Gasteiger partial charge in [-0.1, -0.05) is 24.6 Å². The molecular weight excluding hydrogens is 362 g/mol. The number of allylic oxidation sites excluding steroid dienone is 2. The Balaban J connectivity index is 1.80. The number of rotatable bonds is 5. The van der Waals surface area contributed by atoms with Gasteiger partial charge in [0.1, 0.15) is 11.2 Å². The van der Waals surface area contributed by atoms with E-state index in [4.69, 9.17) is 11.6 Å². The average Bonchev–Trinajstić information content (AvgIpc) is 3.46. The SMILES string of the molecule is CCCC(=O)C1C=C(C)C(c2cc3cnc(Cl)cc3n(C3CC3)c2=O)=CN1. The lowest BCUT2D eigenvalue weighted by molar-refractivity contribution is -0.119. The van der Waals surface area contributed by atoms with E-state index in [2.05, 4.69) is 10.3 Å². The van der Waals surface area contributed by atoms with Crippen molar-refractivity contribution >= 4 is 33.9 Å². The molecule has 1 saturated carbocycles. The van der Waals surface area contributed by atoms with Crippen LogP contribution in [0.25, 0.3) is 16.5 Å². The summed E-state index contributed by atoms with van der Waals surface area (Å²) in [6.45, 7) is 3.94. The second-order valence-corrected chi connectivity index (χ2v) is 7.69. The molecule has 6 heteroatoms. The Labute approximate surface area is 162 Å². The second kappa shape index (κ2) is 6.97. The van der Waals surface area contributed by atoms with Gasteiger partial charge in [-0.3, -0.25) is 9.59 Å². The van der Waals surface area contributed by atoms with Crippen LogP contribution in [0.1, 0.15) is 51.1 Å². The van der Waals surface area contributed by atoms with Crippen molar-refractivity contribution in [1.82, 2.24) is 14.9 Å². The maximum absolute atomic E-state index is 13.3. The zero-order valence-corrected chi connectivity index (χ0v) is 16.2. The number of Topliss-reactive ketones (excluding diaryl/α,β-unsaturated/α-hetero) is 1. The summed E-state index contributed by atoms with van der Waals surface area (Å²) in [6.07, 6.45) is 8.79. The quantitative estimate of drug-likeness (QED) is 0.792. The Morgan fingerprint density at radius 2 is 2.15 bits per heavy atom. The molecular formula is C21H22ClN3O2. The minimum absolute atomic E-state index is 0.0219. The molecule has 2 aliphatic rings. The van der Waals surface area contributed by atoms with E-state index in [0.717, 1.165) is 41.3 Å². The van der Waals surface area contributed by atoms with Gasteiger partial charge in [-0.25, -0.2) is 4.98 Å². The fraction of sp³-hybridized carbons (Fsp3) is 0.381. The molecule has 0 saturated heterocycles. The summed E-state index contributed by atoms with van der Waals surface area (Å²) < 4.78 is 1.85. The minimum atomic E-state index is -0.319. The van der Waals surface area contributed by atoms with E-state index >= 15 is 0 Å². The Hall–Kier alpha value is -2.40. The summed E-state index contributed by atoms with van der Waals surface area (Å²) in [5, 5.41) is 4.43. The monoisotopic (exact) mass is 383 g/mol. The molecule has 1 N–H and O–H groups in total. The molecule has 0 spiro atoms. The third-order valence-corrected chi connectivity index (χ3v) is 5.39. The van der Waals surface area contributed by atoms with Crippen LogP contribution in [0.3, 0.4) is 0 Å². The zero-order valence-electron chi connectivity index (χ0n) is 15.5. The first-order valence-electron chi connectivity index (χ1n) is 9.38. The number of halogens is 1. The Morgan fingerprint density at radius 3 is 2.81 bits per heavy atom. The van der Waals surface area contributed by atoms with Crippen LogP contribution in [-0.2, 0) is 4.79 Å². The van der Waals surface area contributed by atoms with Crippen LogP contribution in [0.4, 0.5) is 0 Å². The summed E-state index contributed by atoms with van der Waals surface area (Å²) in [7, 11) is 0. The number of pyridine rings is 2. The van der Waals surface area contributed by atoms with Crippen molar-refractivity contribution in [2.24, 2.45) is 0 Å². The van der Waals surface area contributed by atoms with E-state index in [1.807, 2.05) is 30.6 Å². The number of ketones is 1. The highest BCUT2D eigenvalue weighted by Crippen LogP contribution is 2.37. The van der Waals surface area contributed by atoms with E-state index in [-0.39, 0.29) is 23.4 Å². The predicted octanol–water partition coefficient (Wildman–Crippen LogP) is 4.01. The first-order valence-corrected chi connectivity index (χ1v) is 9.76. The second-order valence-electron chi connectivity index (χ2n) is 7.30. The molecule has 4 rings (SSSR count). The van der Waals surface area contributed by atoms with Gasteiger partial charge >= 0.3 is 0 Å². The summed E-state index contributed by atoms with van der Waals surface area (Å²) in [4.78, 5) is 29.6. The molecule has 5 nitrogen and oxygen atoms in total. The van der Waals surface area contributed by atoms with Crippen LogP contribution in [0.2, 0.25) is 5.15 Å². The molecule has 1 fully saturated rings. The smallest absolute Gasteiger partial charge is 0.259 e. The lowest BCUT2D eigenvalue weighted by atomic mass is 9.93. The van der Waals surface area contributed by atoms with Crippen LogP contribution in [-0.4, -0.2) is 21.4 Å². The van der Waals surface area contributed by atoms with Crippen molar-refractivity contribution in [3.05, 3.63) is 57.2 Å². The van der Waals surface area contributed by atoms with Crippen LogP contribution in [0.15, 0.2) is 41.0 Å². The van der Waals surface area contributed by atoms with E-state index in [0.29, 0.717) is 17.1 Å². The molecule has 140 valence electrons. The van der Waals surface area contributed by atoms with Gasteiger partial charge in [0.05, 0.1) is 5.52 Å². The summed E-state index contributed by atoms with van der Waals surface area (Å²) in [5.74, 6) is 0.167. The lowest BCUT2D eigenvalue weighted by Crippen LogP contribution is -2.34. The molecule has 1 unspecified atom stereocenters. The van der Waals surface area contributed by atoms with Gasteiger partial charge in [0.15, 0.2) is 5.78 Å². The lowest BCUT2D eigenvalue weighted by Gasteiger charge is -2.22. The van der Waals surface area contributed by atoms with Crippen molar-refractivity contribution in [3.63, 3.8) is 0 Å². The predicted molar refractivity (Wildman–Crippen MR) is 108 cm³/mol. The molecule has 0 aromatic carbocycles. The average molecular weight is 384 g/mol. The third kappa shape index (κ3) is 3.32. The van der Waals surface area contributed by atoms with E-state index in [1.165, 1.54) is 0 Å².